The van der Waals surface area contributed by atoms with Crippen LogP contribution < -0.4 is 0 Å². The maximum absolute atomic E-state index is 11.6. The number of hydrogen-bond donors (Lipinski definition) is 0. The van der Waals surface area contributed by atoms with Gasteiger partial charge in [-0.15, -0.1) is 0 Å². The molecule has 2 aromatic rings. The van der Waals surface area contributed by atoms with Gasteiger partial charge in [-0.05, 0) is 6.07 Å². The molecule has 0 spiro atoms. The lowest BCUT2D eigenvalue weighted by Crippen LogP contribution is -1.97. The highest BCUT2D eigenvalue weighted by Gasteiger charge is 2.06. The molecule has 0 bridgehead atoms. The Morgan fingerprint density at radius 2 is 2.25 bits per heavy atom. The molecule has 3 heteroatoms. The molecule has 0 saturated carbocycles. The Balaban J connectivity index is 2.44. The van der Waals surface area contributed by atoms with Crippen LogP contribution in [-0.2, 0) is 7.05 Å². The first kappa shape index (κ1) is 10.6. The molecular formula is C13H14N2O. The highest BCUT2D eigenvalue weighted by Crippen LogP contribution is 2.19. The summed E-state index contributed by atoms with van der Waals surface area (Å²) in [7, 11) is 1.94. The fourth-order valence-electron chi connectivity index (χ4n) is 1.69. The van der Waals surface area contributed by atoms with Gasteiger partial charge in [-0.25, -0.2) is 4.98 Å². The molecule has 0 radical (unpaired) electrons. The largest absolute Gasteiger partial charge is 0.334 e. The first-order valence-electron chi connectivity index (χ1n) is 5.32. The summed E-state index contributed by atoms with van der Waals surface area (Å²) in [6.45, 7) is 1.87. The average molecular weight is 214 g/mol. The predicted molar refractivity (Wildman–Crippen MR) is 63.3 cm³/mol. The molecule has 0 fully saturated rings. The number of nitrogens with zero attached hydrogens (tertiary/aromatic N) is 2. The van der Waals surface area contributed by atoms with E-state index in [2.05, 4.69) is 4.98 Å². The van der Waals surface area contributed by atoms with Crippen LogP contribution in [0.2, 0.25) is 0 Å². The molecule has 0 unspecified atom stereocenters. The third-order valence-electron chi connectivity index (χ3n) is 2.62. The van der Waals surface area contributed by atoms with E-state index in [-0.39, 0.29) is 5.78 Å². The van der Waals surface area contributed by atoms with Gasteiger partial charge in [-0.2, -0.15) is 0 Å². The van der Waals surface area contributed by atoms with Crippen molar-refractivity contribution in [2.45, 2.75) is 13.3 Å². The normalized spacial score (nSPS) is 10.4. The summed E-state index contributed by atoms with van der Waals surface area (Å²) in [6.07, 6.45) is 4.09. The zero-order valence-electron chi connectivity index (χ0n) is 9.47. The minimum atomic E-state index is 0.170. The van der Waals surface area contributed by atoms with Gasteiger partial charge in [0.2, 0.25) is 0 Å². The minimum Gasteiger partial charge on any atom is -0.334 e. The number of Topliss-reactive ketones (excluding diaryl/α,β-unsaturated/α-hetero) is 1. The number of aromatic nitrogens is 2. The van der Waals surface area contributed by atoms with Gasteiger partial charge in [0.25, 0.3) is 0 Å². The molecule has 1 heterocycles. The van der Waals surface area contributed by atoms with Crippen LogP contribution >= 0.6 is 0 Å². The quantitative estimate of drug-likeness (QED) is 0.736. The van der Waals surface area contributed by atoms with Crippen molar-refractivity contribution >= 4 is 5.78 Å². The monoisotopic (exact) mass is 214 g/mol. The highest BCUT2D eigenvalue weighted by molar-refractivity contribution is 5.96. The molecule has 1 aromatic heterocycles. The van der Waals surface area contributed by atoms with Gasteiger partial charge in [0.1, 0.15) is 0 Å². The number of imidazole rings is 1. The maximum atomic E-state index is 11.6. The van der Waals surface area contributed by atoms with Crippen molar-refractivity contribution in [2.24, 2.45) is 7.05 Å². The van der Waals surface area contributed by atoms with E-state index >= 15 is 0 Å². The van der Waals surface area contributed by atoms with Crippen LogP contribution in [0.4, 0.5) is 0 Å². The van der Waals surface area contributed by atoms with Gasteiger partial charge in [0.05, 0.1) is 18.2 Å². The van der Waals surface area contributed by atoms with E-state index in [1.54, 1.807) is 12.5 Å². The molecule has 16 heavy (non-hydrogen) atoms. The van der Waals surface area contributed by atoms with Crippen LogP contribution in [-0.4, -0.2) is 15.3 Å². The molecule has 3 nitrogen and oxygen atoms in total. The van der Waals surface area contributed by atoms with Crippen LogP contribution in [0.25, 0.3) is 11.3 Å². The lowest BCUT2D eigenvalue weighted by Gasteiger charge is -2.04. The van der Waals surface area contributed by atoms with Crippen molar-refractivity contribution in [1.29, 1.82) is 0 Å². The molecule has 0 aliphatic rings. The molecule has 2 rings (SSSR count). The number of carbonyl (C=O) groups is 1. The van der Waals surface area contributed by atoms with Crippen LogP contribution in [0.5, 0.6) is 0 Å². The van der Waals surface area contributed by atoms with E-state index in [0.717, 1.165) is 16.8 Å². The zero-order chi connectivity index (χ0) is 11.5. The van der Waals surface area contributed by atoms with Gasteiger partial charge in [-0.1, -0.05) is 25.1 Å². The van der Waals surface area contributed by atoms with Crippen LogP contribution in [0.3, 0.4) is 0 Å². The molecule has 0 aliphatic heterocycles. The third kappa shape index (κ3) is 1.89. The maximum Gasteiger partial charge on any atom is 0.162 e. The SMILES string of the molecule is CCC(=O)c1cccc(-c2cncn2C)c1. The number of carbonyl (C=O) groups excluding carboxylic acids is 1. The standard InChI is InChI=1S/C13H14N2O/c1-3-13(16)11-6-4-5-10(7-11)12-8-14-9-15(12)2/h4-9H,3H2,1-2H3. The summed E-state index contributed by atoms with van der Waals surface area (Å²) in [6, 6.07) is 7.67. The Hall–Kier alpha value is -1.90. The molecule has 1 aromatic carbocycles. The predicted octanol–water partition coefficient (Wildman–Crippen LogP) is 2.68. The van der Waals surface area contributed by atoms with Gasteiger partial charge in [0.15, 0.2) is 5.78 Å². The van der Waals surface area contributed by atoms with E-state index in [1.807, 2.05) is 42.8 Å². The number of hydrogen-bond acceptors (Lipinski definition) is 2. The van der Waals surface area contributed by atoms with Crippen LogP contribution in [0.15, 0.2) is 36.8 Å². The van der Waals surface area contributed by atoms with Crippen molar-refractivity contribution in [3.63, 3.8) is 0 Å². The molecule has 0 saturated heterocycles. The highest BCUT2D eigenvalue weighted by atomic mass is 16.1. The number of benzene rings is 1. The summed E-state index contributed by atoms with van der Waals surface area (Å²) in [5.41, 5.74) is 2.81. The van der Waals surface area contributed by atoms with Gasteiger partial charge in [-0.3, -0.25) is 4.79 Å². The Morgan fingerprint density at radius 1 is 1.44 bits per heavy atom. The first-order valence-corrected chi connectivity index (χ1v) is 5.32. The van der Waals surface area contributed by atoms with E-state index in [1.165, 1.54) is 0 Å². The lowest BCUT2D eigenvalue weighted by molar-refractivity contribution is 0.0988. The Labute approximate surface area is 94.7 Å². The minimum absolute atomic E-state index is 0.170. The number of aryl methyl sites for hydroxylation is 1. The smallest absolute Gasteiger partial charge is 0.162 e. The number of ketones is 1. The molecule has 0 amide bonds. The second kappa shape index (κ2) is 4.31. The van der Waals surface area contributed by atoms with Crippen molar-refractivity contribution in [3.8, 4) is 11.3 Å². The molecule has 0 N–H and O–H groups in total. The summed E-state index contributed by atoms with van der Waals surface area (Å²) >= 11 is 0. The average Bonchev–Trinajstić information content (AvgIpc) is 2.74. The van der Waals surface area contributed by atoms with Crippen molar-refractivity contribution in [1.82, 2.24) is 9.55 Å². The van der Waals surface area contributed by atoms with E-state index in [9.17, 15) is 4.79 Å². The second-order valence-corrected chi connectivity index (χ2v) is 3.75. The van der Waals surface area contributed by atoms with Gasteiger partial charge >= 0.3 is 0 Å². The van der Waals surface area contributed by atoms with Gasteiger partial charge < -0.3 is 4.57 Å². The summed E-state index contributed by atoms with van der Waals surface area (Å²) in [4.78, 5) is 15.7. The van der Waals surface area contributed by atoms with Crippen LogP contribution in [0.1, 0.15) is 23.7 Å². The van der Waals surface area contributed by atoms with Crippen molar-refractivity contribution in [3.05, 3.63) is 42.4 Å². The second-order valence-electron chi connectivity index (χ2n) is 3.75. The number of rotatable bonds is 3. The van der Waals surface area contributed by atoms with Crippen molar-refractivity contribution < 1.29 is 4.79 Å². The Kier molecular flexibility index (Phi) is 2.86. The molecule has 82 valence electrons. The summed E-state index contributed by atoms with van der Waals surface area (Å²) in [5, 5.41) is 0. The Bertz CT molecular complexity index is 514. The molecule has 0 aliphatic carbocycles. The fourth-order valence-corrected chi connectivity index (χ4v) is 1.69. The van der Waals surface area contributed by atoms with Gasteiger partial charge in [0, 0.05) is 24.6 Å². The first-order chi connectivity index (χ1) is 7.72. The third-order valence-corrected chi connectivity index (χ3v) is 2.62. The lowest BCUT2D eigenvalue weighted by atomic mass is 10.0. The van der Waals surface area contributed by atoms with E-state index in [0.29, 0.717) is 6.42 Å². The van der Waals surface area contributed by atoms with E-state index in [4.69, 9.17) is 0 Å². The summed E-state index contributed by atoms with van der Waals surface area (Å²) < 4.78 is 1.94. The van der Waals surface area contributed by atoms with Crippen molar-refractivity contribution in [2.75, 3.05) is 0 Å². The molecular weight excluding hydrogens is 200 g/mol. The topological polar surface area (TPSA) is 34.9 Å². The Morgan fingerprint density at radius 3 is 2.88 bits per heavy atom. The van der Waals surface area contributed by atoms with E-state index < -0.39 is 0 Å². The zero-order valence-corrected chi connectivity index (χ0v) is 9.47. The fraction of sp³-hybridized carbons (Fsp3) is 0.231. The summed E-state index contributed by atoms with van der Waals surface area (Å²) in [5.74, 6) is 0.170. The molecule has 0 atom stereocenters. The van der Waals surface area contributed by atoms with Crippen LogP contribution in [0, 0.1) is 0 Å².